The Morgan fingerprint density at radius 2 is 2.16 bits per heavy atom. The van der Waals surface area contributed by atoms with Gasteiger partial charge in [0.25, 0.3) is 5.91 Å². The molecule has 19 heavy (non-hydrogen) atoms. The van der Waals surface area contributed by atoms with Gasteiger partial charge < -0.3 is 9.64 Å². The van der Waals surface area contributed by atoms with Gasteiger partial charge in [0, 0.05) is 16.6 Å². The number of carbonyl (C=O) groups excluding carboxylic acids is 2. The van der Waals surface area contributed by atoms with Crippen molar-refractivity contribution in [3.63, 3.8) is 0 Å². The molecule has 2 rings (SSSR count). The Hall–Kier alpha value is -1.36. The average molecular weight is 326 g/mol. The fraction of sp³-hybridized carbons (Fsp3) is 0.429. The van der Waals surface area contributed by atoms with Gasteiger partial charge in [-0.2, -0.15) is 0 Å². The summed E-state index contributed by atoms with van der Waals surface area (Å²) in [6.45, 7) is 2.57. The van der Waals surface area contributed by atoms with E-state index in [0.717, 1.165) is 16.5 Å². The lowest BCUT2D eigenvalue weighted by Gasteiger charge is -2.22. The average Bonchev–Trinajstić information content (AvgIpc) is 2.89. The Kier molecular flexibility index (Phi) is 4.24. The Morgan fingerprint density at radius 3 is 2.79 bits per heavy atom. The zero-order chi connectivity index (χ0) is 14.0. The van der Waals surface area contributed by atoms with Crippen molar-refractivity contribution in [3.05, 3.63) is 33.8 Å². The number of benzene rings is 1. The normalized spacial score (nSPS) is 18.5. The lowest BCUT2D eigenvalue weighted by molar-refractivity contribution is -0.145. The van der Waals surface area contributed by atoms with Crippen LogP contribution in [0.2, 0.25) is 0 Å². The smallest absolute Gasteiger partial charge is 0.328 e. The Morgan fingerprint density at radius 1 is 1.42 bits per heavy atom. The molecule has 4 nitrogen and oxygen atoms in total. The van der Waals surface area contributed by atoms with Crippen molar-refractivity contribution in [1.82, 2.24) is 4.90 Å². The molecule has 1 heterocycles. The van der Waals surface area contributed by atoms with E-state index >= 15 is 0 Å². The van der Waals surface area contributed by atoms with Gasteiger partial charge >= 0.3 is 5.97 Å². The molecule has 0 N–H and O–H groups in total. The van der Waals surface area contributed by atoms with Crippen LogP contribution in [0.5, 0.6) is 0 Å². The fourth-order valence-corrected chi connectivity index (χ4v) is 2.66. The summed E-state index contributed by atoms with van der Waals surface area (Å²) in [5.74, 6) is -0.453. The maximum Gasteiger partial charge on any atom is 0.328 e. The van der Waals surface area contributed by atoms with Crippen LogP contribution in [0.3, 0.4) is 0 Å². The molecular formula is C14H16BrNO3. The zero-order valence-corrected chi connectivity index (χ0v) is 12.6. The first kappa shape index (κ1) is 14.1. The van der Waals surface area contributed by atoms with E-state index in [-0.39, 0.29) is 11.9 Å². The summed E-state index contributed by atoms with van der Waals surface area (Å²) in [6, 6.07) is 5.03. The van der Waals surface area contributed by atoms with Crippen LogP contribution in [0.4, 0.5) is 0 Å². The van der Waals surface area contributed by atoms with Gasteiger partial charge in [0.15, 0.2) is 0 Å². The lowest BCUT2D eigenvalue weighted by atomic mass is 10.1. The number of amides is 1. The number of ether oxygens (including phenoxy) is 1. The number of likely N-dealkylation sites (tertiary alicyclic amines) is 1. The predicted molar refractivity (Wildman–Crippen MR) is 75.0 cm³/mol. The Balaban J connectivity index is 2.23. The third-order valence-electron chi connectivity index (χ3n) is 3.41. The van der Waals surface area contributed by atoms with E-state index in [1.54, 1.807) is 17.0 Å². The SMILES string of the molecule is COC(=O)C1CCCN1C(=O)c1ccc(C)c(Br)c1. The number of halogens is 1. The number of nitrogens with zero attached hydrogens (tertiary/aromatic N) is 1. The second-order valence-electron chi connectivity index (χ2n) is 4.64. The van der Waals surface area contributed by atoms with Crippen molar-refractivity contribution >= 4 is 27.8 Å². The molecule has 1 atom stereocenters. The molecular weight excluding hydrogens is 310 g/mol. The van der Waals surface area contributed by atoms with Gasteiger partial charge in [0.05, 0.1) is 7.11 Å². The van der Waals surface area contributed by atoms with Gasteiger partial charge in [-0.25, -0.2) is 4.79 Å². The van der Waals surface area contributed by atoms with Crippen molar-refractivity contribution in [2.45, 2.75) is 25.8 Å². The highest BCUT2D eigenvalue weighted by molar-refractivity contribution is 9.10. The summed E-state index contributed by atoms with van der Waals surface area (Å²) < 4.78 is 5.65. The molecule has 1 fully saturated rings. The molecule has 1 aliphatic heterocycles. The number of hydrogen-bond acceptors (Lipinski definition) is 3. The summed E-state index contributed by atoms with van der Waals surface area (Å²) in [5.41, 5.74) is 1.66. The van der Waals surface area contributed by atoms with Crippen LogP contribution in [-0.2, 0) is 9.53 Å². The molecule has 0 saturated carbocycles. The minimum Gasteiger partial charge on any atom is -0.467 e. The standard InChI is InChI=1S/C14H16BrNO3/c1-9-5-6-10(8-11(9)15)13(17)16-7-3-4-12(16)14(18)19-2/h5-6,8,12H,3-4,7H2,1-2H3. The van der Waals surface area contributed by atoms with Crippen LogP contribution in [0.1, 0.15) is 28.8 Å². The van der Waals surface area contributed by atoms with Crippen LogP contribution in [0.15, 0.2) is 22.7 Å². The summed E-state index contributed by atoms with van der Waals surface area (Å²) in [6.07, 6.45) is 1.50. The zero-order valence-electron chi connectivity index (χ0n) is 11.0. The van der Waals surface area contributed by atoms with Crippen LogP contribution < -0.4 is 0 Å². The van der Waals surface area contributed by atoms with Gasteiger partial charge in [-0.05, 0) is 37.5 Å². The van der Waals surface area contributed by atoms with Crippen LogP contribution >= 0.6 is 15.9 Å². The molecule has 0 aromatic heterocycles. The number of hydrogen-bond donors (Lipinski definition) is 0. The monoisotopic (exact) mass is 325 g/mol. The minimum absolute atomic E-state index is 0.117. The van der Waals surface area contributed by atoms with Crippen molar-refractivity contribution in [2.24, 2.45) is 0 Å². The highest BCUT2D eigenvalue weighted by atomic mass is 79.9. The van der Waals surface area contributed by atoms with Crippen molar-refractivity contribution < 1.29 is 14.3 Å². The summed E-state index contributed by atoms with van der Waals surface area (Å²) >= 11 is 3.42. The van der Waals surface area contributed by atoms with Gasteiger partial charge in [-0.1, -0.05) is 22.0 Å². The topological polar surface area (TPSA) is 46.6 Å². The molecule has 1 saturated heterocycles. The molecule has 1 aromatic rings. The Labute approximate surface area is 120 Å². The van der Waals surface area contributed by atoms with E-state index in [9.17, 15) is 9.59 Å². The summed E-state index contributed by atoms with van der Waals surface area (Å²) in [5, 5.41) is 0. The molecule has 0 bridgehead atoms. The highest BCUT2D eigenvalue weighted by Crippen LogP contribution is 2.23. The molecule has 0 aliphatic carbocycles. The van der Waals surface area contributed by atoms with E-state index in [0.29, 0.717) is 18.5 Å². The molecule has 1 unspecified atom stereocenters. The van der Waals surface area contributed by atoms with E-state index < -0.39 is 6.04 Å². The minimum atomic E-state index is -0.447. The third-order valence-corrected chi connectivity index (χ3v) is 4.26. The molecule has 0 spiro atoms. The Bertz CT molecular complexity index is 515. The number of carbonyl (C=O) groups is 2. The summed E-state index contributed by atoms with van der Waals surface area (Å²) in [4.78, 5) is 25.7. The second-order valence-corrected chi connectivity index (χ2v) is 5.50. The van der Waals surface area contributed by atoms with Crippen molar-refractivity contribution in [1.29, 1.82) is 0 Å². The first-order valence-corrected chi connectivity index (χ1v) is 6.99. The number of methoxy groups -OCH3 is 1. The molecule has 0 radical (unpaired) electrons. The third kappa shape index (κ3) is 2.81. The van der Waals surface area contributed by atoms with Crippen molar-refractivity contribution in [3.8, 4) is 0 Å². The number of rotatable bonds is 2. The first-order chi connectivity index (χ1) is 9.04. The van der Waals surface area contributed by atoms with Gasteiger partial charge in [-0.3, -0.25) is 4.79 Å². The number of aryl methyl sites for hydroxylation is 1. The fourth-order valence-electron chi connectivity index (χ4n) is 2.28. The second kappa shape index (κ2) is 5.74. The molecule has 102 valence electrons. The molecule has 1 aromatic carbocycles. The first-order valence-electron chi connectivity index (χ1n) is 6.19. The molecule has 5 heteroatoms. The summed E-state index contributed by atoms with van der Waals surface area (Å²) in [7, 11) is 1.35. The van der Waals surface area contributed by atoms with E-state index in [4.69, 9.17) is 4.74 Å². The molecule has 1 aliphatic rings. The van der Waals surface area contributed by atoms with Crippen LogP contribution in [0.25, 0.3) is 0 Å². The number of esters is 1. The maximum atomic E-state index is 12.4. The van der Waals surface area contributed by atoms with Gasteiger partial charge in [0.2, 0.25) is 0 Å². The maximum absolute atomic E-state index is 12.4. The predicted octanol–water partition coefficient (Wildman–Crippen LogP) is 2.54. The van der Waals surface area contributed by atoms with E-state index in [1.807, 2.05) is 13.0 Å². The molecule has 1 amide bonds. The highest BCUT2D eigenvalue weighted by Gasteiger charge is 2.35. The van der Waals surface area contributed by atoms with E-state index in [2.05, 4.69) is 15.9 Å². The van der Waals surface area contributed by atoms with Crippen LogP contribution in [0, 0.1) is 6.92 Å². The van der Waals surface area contributed by atoms with Gasteiger partial charge in [0.1, 0.15) is 6.04 Å². The quantitative estimate of drug-likeness (QED) is 0.785. The lowest BCUT2D eigenvalue weighted by Crippen LogP contribution is -2.41. The van der Waals surface area contributed by atoms with E-state index in [1.165, 1.54) is 7.11 Å². The largest absolute Gasteiger partial charge is 0.467 e. The van der Waals surface area contributed by atoms with Crippen LogP contribution in [-0.4, -0.2) is 36.5 Å². The van der Waals surface area contributed by atoms with Crippen molar-refractivity contribution in [2.75, 3.05) is 13.7 Å². The van der Waals surface area contributed by atoms with Gasteiger partial charge in [-0.15, -0.1) is 0 Å².